The number of aromatic nitrogens is 1. The summed E-state index contributed by atoms with van der Waals surface area (Å²) in [7, 11) is 0. The highest BCUT2D eigenvalue weighted by atomic mass is 32.1. The summed E-state index contributed by atoms with van der Waals surface area (Å²) in [5.41, 5.74) is 1.21. The number of nitrogens with zero attached hydrogens (tertiary/aromatic N) is 1. The Hall–Kier alpha value is -2.80. The first-order valence-electron chi connectivity index (χ1n) is 7.46. The van der Waals surface area contributed by atoms with E-state index < -0.39 is 6.10 Å². The number of benzene rings is 2. The lowest BCUT2D eigenvalue weighted by Crippen LogP contribution is -2.30. The van der Waals surface area contributed by atoms with Gasteiger partial charge in [0.25, 0.3) is 5.91 Å². The number of carbonyl (C=O) groups excluding carboxylic acids is 1. The van der Waals surface area contributed by atoms with Crippen LogP contribution in [0.15, 0.2) is 53.9 Å². The third-order valence-electron chi connectivity index (χ3n) is 3.35. The topological polar surface area (TPSA) is 51.2 Å². The number of nitrogens with one attached hydrogen (secondary N) is 1. The van der Waals surface area contributed by atoms with Crippen LogP contribution in [0, 0.1) is 11.6 Å². The molecule has 0 unspecified atom stereocenters. The molecule has 0 bridgehead atoms. The van der Waals surface area contributed by atoms with E-state index in [1.54, 1.807) is 24.4 Å². The predicted molar refractivity (Wildman–Crippen MR) is 92.6 cm³/mol. The molecule has 1 amide bonds. The van der Waals surface area contributed by atoms with Gasteiger partial charge in [-0.3, -0.25) is 10.1 Å². The van der Waals surface area contributed by atoms with E-state index >= 15 is 0 Å². The summed E-state index contributed by atoms with van der Waals surface area (Å²) < 4.78 is 31.6. The molecule has 1 N–H and O–H groups in total. The van der Waals surface area contributed by atoms with Crippen LogP contribution in [0.25, 0.3) is 11.3 Å². The molecule has 0 fully saturated rings. The fraction of sp³-hybridized carbons (Fsp3) is 0.111. The maximum absolute atomic E-state index is 13.3. The smallest absolute Gasteiger partial charge is 0.266 e. The van der Waals surface area contributed by atoms with Crippen LogP contribution in [-0.2, 0) is 4.79 Å². The number of amides is 1. The molecule has 1 aromatic heterocycles. The van der Waals surface area contributed by atoms with Crippen molar-refractivity contribution in [3.05, 3.63) is 65.5 Å². The molecule has 0 aliphatic heterocycles. The van der Waals surface area contributed by atoms with Gasteiger partial charge in [-0.2, -0.15) is 0 Å². The van der Waals surface area contributed by atoms with Crippen molar-refractivity contribution in [2.45, 2.75) is 13.0 Å². The third-order valence-corrected chi connectivity index (χ3v) is 4.11. The second kappa shape index (κ2) is 7.40. The first-order chi connectivity index (χ1) is 12.0. The van der Waals surface area contributed by atoms with Crippen LogP contribution in [-0.4, -0.2) is 17.0 Å². The highest BCUT2D eigenvalue weighted by molar-refractivity contribution is 7.14. The Labute approximate surface area is 147 Å². The molecule has 7 heteroatoms. The Morgan fingerprint density at radius 2 is 1.92 bits per heavy atom. The zero-order valence-electron chi connectivity index (χ0n) is 13.2. The van der Waals surface area contributed by atoms with Gasteiger partial charge >= 0.3 is 0 Å². The fourth-order valence-electron chi connectivity index (χ4n) is 2.09. The molecule has 0 aliphatic carbocycles. The summed E-state index contributed by atoms with van der Waals surface area (Å²) in [6.07, 6.45) is -0.785. The zero-order valence-corrected chi connectivity index (χ0v) is 14.0. The molecule has 2 aromatic carbocycles. The van der Waals surface area contributed by atoms with Crippen molar-refractivity contribution in [3.8, 4) is 17.0 Å². The lowest BCUT2D eigenvalue weighted by molar-refractivity contribution is -0.122. The Balaban J connectivity index is 1.64. The second-order valence-corrected chi connectivity index (χ2v) is 6.11. The van der Waals surface area contributed by atoms with Crippen molar-refractivity contribution >= 4 is 22.4 Å². The van der Waals surface area contributed by atoms with E-state index in [4.69, 9.17) is 4.74 Å². The van der Waals surface area contributed by atoms with E-state index in [1.807, 2.05) is 0 Å². The van der Waals surface area contributed by atoms with E-state index in [1.165, 1.54) is 47.7 Å². The molecule has 3 aromatic rings. The first-order valence-corrected chi connectivity index (χ1v) is 8.34. The fourth-order valence-corrected chi connectivity index (χ4v) is 2.81. The van der Waals surface area contributed by atoms with Crippen molar-refractivity contribution in [1.82, 2.24) is 4.98 Å². The molecule has 25 heavy (non-hydrogen) atoms. The average molecular weight is 360 g/mol. The van der Waals surface area contributed by atoms with Gasteiger partial charge in [0.2, 0.25) is 0 Å². The third kappa shape index (κ3) is 4.39. The summed E-state index contributed by atoms with van der Waals surface area (Å²) in [4.78, 5) is 16.5. The van der Waals surface area contributed by atoms with Crippen LogP contribution in [0.1, 0.15) is 6.92 Å². The van der Waals surface area contributed by atoms with Gasteiger partial charge in [-0.1, -0.05) is 12.1 Å². The normalized spacial score (nSPS) is 11.8. The quantitative estimate of drug-likeness (QED) is 0.729. The number of carbonyl (C=O) groups is 1. The van der Waals surface area contributed by atoms with E-state index in [0.717, 1.165) is 0 Å². The molecule has 0 aliphatic rings. The van der Waals surface area contributed by atoms with Crippen molar-refractivity contribution < 1.29 is 18.3 Å². The molecular weight excluding hydrogens is 346 g/mol. The van der Waals surface area contributed by atoms with Crippen LogP contribution in [0.2, 0.25) is 0 Å². The molecule has 0 saturated heterocycles. The highest BCUT2D eigenvalue weighted by Gasteiger charge is 2.17. The van der Waals surface area contributed by atoms with E-state index in [2.05, 4.69) is 10.3 Å². The maximum Gasteiger partial charge on any atom is 0.266 e. The molecule has 128 valence electrons. The molecule has 0 saturated carbocycles. The van der Waals surface area contributed by atoms with Gasteiger partial charge in [-0.25, -0.2) is 13.8 Å². The van der Waals surface area contributed by atoms with Crippen molar-refractivity contribution in [2.24, 2.45) is 0 Å². The summed E-state index contributed by atoms with van der Waals surface area (Å²) in [5.74, 6) is -0.720. The van der Waals surface area contributed by atoms with E-state index in [-0.39, 0.29) is 17.5 Å². The standard InChI is InChI=1S/C18H14F2N2O2S/c1-11(24-15-7-5-13(19)6-8-15)17(23)22-18-21-16(10-25-18)12-3-2-4-14(20)9-12/h2-11H,1H3,(H,21,22,23)/t11-/m0/s1. The number of hydrogen-bond donors (Lipinski definition) is 1. The summed E-state index contributed by atoms with van der Waals surface area (Å²) in [6, 6.07) is 11.5. The highest BCUT2D eigenvalue weighted by Crippen LogP contribution is 2.25. The second-order valence-electron chi connectivity index (χ2n) is 5.25. The minimum Gasteiger partial charge on any atom is -0.481 e. The Morgan fingerprint density at radius 1 is 1.16 bits per heavy atom. The average Bonchev–Trinajstić information content (AvgIpc) is 3.05. The largest absolute Gasteiger partial charge is 0.481 e. The minimum atomic E-state index is -0.785. The monoisotopic (exact) mass is 360 g/mol. The molecule has 1 heterocycles. The molecule has 0 spiro atoms. The minimum absolute atomic E-state index is 0.350. The molecular formula is C18H14F2N2O2S. The SMILES string of the molecule is C[C@H](Oc1ccc(F)cc1)C(=O)Nc1nc(-c2cccc(F)c2)cs1. The molecule has 4 nitrogen and oxygen atoms in total. The number of halogens is 2. The van der Waals surface area contributed by atoms with Crippen LogP contribution < -0.4 is 10.1 Å². The number of hydrogen-bond acceptors (Lipinski definition) is 4. The van der Waals surface area contributed by atoms with Crippen molar-refractivity contribution in [3.63, 3.8) is 0 Å². The van der Waals surface area contributed by atoms with Crippen molar-refractivity contribution in [2.75, 3.05) is 5.32 Å². The van der Waals surface area contributed by atoms with E-state index in [9.17, 15) is 13.6 Å². The van der Waals surface area contributed by atoms with Gasteiger partial charge in [0.05, 0.1) is 5.69 Å². The van der Waals surface area contributed by atoms with Gasteiger partial charge in [0.1, 0.15) is 17.4 Å². The van der Waals surface area contributed by atoms with Gasteiger partial charge in [-0.05, 0) is 43.3 Å². The Kier molecular flexibility index (Phi) is 5.04. The lowest BCUT2D eigenvalue weighted by Gasteiger charge is -2.13. The van der Waals surface area contributed by atoms with E-state index in [0.29, 0.717) is 22.1 Å². The maximum atomic E-state index is 13.3. The van der Waals surface area contributed by atoms with Gasteiger partial charge in [0, 0.05) is 10.9 Å². The molecule has 3 rings (SSSR count). The van der Waals surface area contributed by atoms with Gasteiger partial charge < -0.3 is 4.74 Å². The number of ether oxygens (including phenoxy) is 1. The number of thiazole rings is 1. The van der Waals surface area contributed by atoms with Crippen molar-refractivity contribution in [1.29, 1.82) is 0 Å². The zero-order chi connectivity index (χ0) is 17.8. The molecule has 1 atom stereocenters. The lowest BCUT2D eigenvalue weighted by atomic mass is 10.2. The predicted octanol–water partition coefficient (Wildman–Crippen LogP) is 4.49. The van der Waals surface area contributed by atoms with Gasteiger partial charge in [0.15, 0.2) is 11.2 Å². The summed E-state index contributed by atoms with van der Waals surface area (Å²) >= 11 is 1.23. The number of anilines is 1. The Morgan fingerprint density at radius 3 is 2.64 bits per heavy atom. The Bertz CT molecular complexity index is 881. The summed E-state index contributed by atoms with van der Waals surface area (Å²) in [5, 5.41) is 4.77. The van der Waals surface area contributed by atoms with Gasteiger partial charge in [-0.15, -0.1) is 11.3 Å². The van der Waals surface area contributed by atoms with Crippen LogP contribution >= 0.6 is 11.3 Å². The summed E-state index contributed by atoms with van der Waals surface area (Å²) in [6.45, 7) is 1.58. The van der Waals surface area contributed by atoms with Crippen LogP contribution in [0.5, 0.6) is 5.75 Å². The van der Waals surface area contributed by atoms with Crippen LogP contribution in [0.4, 0.5) is 13.9 Å². The van der Waals surface area contributed by atoms with Crippen LogP contribution in [0.3, 0.4) is 0 Å². The molecule has 0 radical (unpaired) electrons. The first kappa shape index (κ1) is 17.0. The number of rotatable bonds is 5.